The van der Waals surface area contributed by atoms with Crippen molar-refractivity contribution in [1.29, 1.82) is 0 Å². The summed E-state index contributed by atoms with van der Waals surface area (Å²) in [6, 6.07) is 28.5. The van der Waals surface area contributed by atoms with Gasteiger partial charge in [0.05, 0.1) is 6.54 Å². The predicted molar refractivity (Wildman–Crippen MR) is 159 cm³/mol. The second-order valence-corrected chi connectivity index (χ2v) is 9.92. The minimum absolute atomic E-state index is 0.346. The van der Waals surface area contributed by atoms with Crippen LogP contribution in [0.4, 0.5) is 11.5 Å². The number of aromatic nitrogens is 2. The Morgan fingerprint density at radius 1 is 0.900 bits per heavy atom. The number of aryl methyl sites for hydroxylation is 3. The summed E-state index contributed by atoms with van der Waals surface area (Å²) in [5.41, 5.74) is 6.34. The van der Waals surface area contributed by atoms with Crippen LogP contribution in [0.2, 0.25) is 0 Å². The van der Waals surface area contributed by atoms with Crippen molar-refractivity contribution in [3.05, 3.63) is 114 Å². The highest BCUT2D eigenvalue weighted by Gasteiger charge is 2.25. The number of benzene rings is 2. The molecule has 0 bridgehead atoms. The van der Waals surface area contributed by atoms with E-state index in [4.69, 9.17) is 4.74 Å². The molecule has 5 aromatic rings. The van der Waals surface area contributed by atoms with E-state index >= 15 is 0 Å². The number of carbonyl (C=O) groups excluding carboxylic acids is 2. The van der Waals surface area contributed by atoms with E-state index in [1.54, 1.807) is 24.3 Å². The molecule has 0 aliphatic carbocycles. The molecule has 2 aromatic carbocycles. The Morgan fingerprint density at radius 3 is 2.38 bits per heavy atom. The molecule has 40 heavy (non-hydrogen) atoms. The number of hydrogen-bond donors (Lipinski definition) is 1. The summed E-state index contributed by atoms with van der Waals surface area (Å²) in [7, 11) is 1.99. The Labute approximate surface area is 234 Å². The molecule has 0 aliphatic heterocycles. The Morgan fingerprint density at radius 2 is 1.65 bits per heavy atom. The van der Waals surface area contributed by atoms with Gasteiger partial charge in [0.2, 0.25) is 0 Å². The molecular weight excluding hydrogens is 500 g/mol. The van der Waals surface area contributed by atoms with E-state index in [0.717, 1.165) is 33.8 Å². The largest absolute Gasteiger partial charge is 0.492 e. The lowest BCUT2D eigenvalue weighted by Gasteiger charge is -2.19. The van der Waals surface area contributed by atoms with Gasteiger partial charge in [-0.3, -0.25) is 9.59 Å². The van der Waals surface area contributed by atoms with Gasteiger partial charge in [-0.15, -0.1) is 0 Å². The Balaban J connectivity index is 1.26. The van der Waals surface area contributed by atoms with Crippen LogP contribution in [0.15, 0.2) is 91.0 Å². The maximum Gasteiger partial charge on any atom is 0.298 e. The third-order valence-corrected chi connectivity index (χ3v) is 6.78. The van der Waals surface area contributed by atoms with Gasteiger partial charge in [0.25, 0.3) is 11.7 Å². The van der Waals surface area contributed by atoms with Crippen molar-refractivity contribution in [1.82, 2.24) is 9.38 Å². The molecule has 0 saturated carbocycles. The molecule has 0 radical (unpaired) electrons. The quantitative estimate of drug-likeness (QED) is 0.179. The number of likely N-dealkylation sites (N-methyl/N-ethyl adjacent to an activating group) is 1. The number of hydrogen-bond acceptors (Lipinski definition) is 5. The second kappa shape index (κ2) is 11.5. The molecule has 0 fully saturated rings. The van der Waals surface area contributed by atoms with Gasteiger partial charge in [0.1, 0.15) is 23.9 Å². The van der Waals surface area contributed by atoms with Gasteiger partial charge >= 0.3 is 0 Å². The number of nitrogens with zero attached hydrogens (tertiary/aromatic N) is 3. The zero-order chi connectivity index (χ0) is 28.2. The van der Waals surface area contributed by atoms with Gasteiger partial charge in [0, 0.05) is 35.2 Å². The summed E-state index contributed by atoms with van der Waals surface area (Å²) < 4.78 is 7.74. The monoisotopic (exact) mass is 532 g/mol. The lowest BCUT2D eigenvalue weighted by molar-refractivity contribution is -0.112. The van der Waals surface area contributed by atoms with Gasteiger partial charge in [-0.2, -0.15) is 0 Å². The number of ether oxygens (including phenoxy) is 1. The summed E-state index contributed by atoms with van der Waals surface area (Å²) in [6.45, 7) is 7.10. The van der Waals surface area contributed by atoms with Gasteiger partial charge in [-0.05, 0) is 86.5 Å². The molecule has 3 heterocycles. The number of carbonyl (C=O) groups is 2. The average Bonchev–Trinajstić information content (AvgIpc) is 3.34. The SMILES string of the molecule is Cc1cc(C)nc(N(C)CCOc2ccc(NC(=O)C(=O)c3c(-c4ccccc4)cc4cccc(C)n34)cc2)c1. The van der Waals surface area contributed by atoms with Crippen LogP contribution in [0.25, 0.3) is 16.6 Å². The van der Waals surface area contributed by atoms with Crippen LogP contribution in [0.3, 0.4) is 0 Å². The standard InChI is InChI=1S/C33H32N4O3/c1-22-19-23(2)34-30(20-22)36(4)17-18-40-28-15-13-26(14-16-28)35-33(39)32(38)31-29(25-10-6-5-7-11-25)21-27-12-8-9-24(3)37(27)31/h5-16,19-21H,17-18H2,1-4H3,(H,35,39). The van der Waals surface area contributed by atoms with E-state index in [9.17, 15) is 9.59 Å². The highest BCUT2D eigenvalue weighted by molar-refractivity contribution is 6.47. The van der Waals surface area contributed by atoms with Crippen molar-refractivity contribution >= 4 is 28.7 Å². The van der Waals surface area contributed by atoms with Gasteiger partial charge in [-0.25, -0.2) is 4.98 Å². The topological polar surface area (TPSA) is 75.9 Å². The molecule has 3 aromatic heterocycles. The van der Waals surface area contributed by atoms with Crippen molar-refractivity contribution in [2.75, 3.05) is 30.4 Å². The molecule has 202 valence electrons. The zero-order valence-corrected chi connectivity index (χ0v) is 23.1. The first-order valence-electron chi connectivity index (χ1n) is 13.2. The lowest BCUT2D eigenvalue weighted by Crippen LogP contribution is -2.25. The van der Waals surface area contributed by atoms with E-state index in [-0.39, 0.29) is 0 Å². The summed E-state index contributed by atoms with van der Waals surface area (Å²) >= 11 is 0. The molecule has 0 spiro atoms. The number of nitrogens with one attached hydrogen (secondary N) is 1. The van der Waals surface area contributed by atoms with Crippen LogP contribution in [-0.2, 0) is 4.79 Å². The molecule has 1 N–H and O–H groups in total. The van der Waals surface area contributed by atoms with Crippen molar-refractivity contribution in [2.24, 2.45) is 0 Å². The molecule has 0 aliphatic rings. The molecule has 5 rings (SSSR count). The van der Waals surface area contributed by atoms with Crippen LogP contribution in [0.5, 0.6) is 5.75 Å². The average molecular weight is 533 g/mol. The summed E-state index contributed by atoms with van der Waals surface area (Å²) in [6.07, 6.45) is 0. The van der Waals surface area contributed by atoms with Crippen molar-refractivity contribution in [3.8, 4) is 16.9 Å². The van der Waals surface area contributed by atoms with Crippen molar-refractivity contribution in [3.63, 3.8) is 0 Å². The molecule has 7 nitrogen and oxygen atoms in total. The minimum atomic E-state index is -0.698. The van der Waals surface area contributed by atoms with Crippen LogP contribution < -0.4 is 15.0 Å². The molecule has 0 unspecified atom stereocenters. The third-order valence-electron chi connectivity index (χ3n) is 6.78. The Bertz CT molecular complexity index is 1650. The molecule has 0 saturated heterocycles. The molecule has 0 atom stereocenters. The number of rotatable bonds is 9. The second-order valence-electron chi connectivity index (χ2n) is 9.92. The van der Waals surface area contributed by atoms with Crippen molar-refractivity contribution < 1.29 is 14.3 Å². The number of ketones is 1. The minimum Gasteiger partial charge on any atom is -0.492 e. The van der Waals surface area contributed by atoms with E-state index in [2.05, 4.69) is 22.1 Å². The first-order valence-corrected chi connectivity index (χ1v) is 13.2. The first kappa shape index (κ1) is 26.7. The van der Waals surface area contributed by atoms with Crippen LogP contribution in [0.1, 0.15) is 27.4 Å². The smallest absolute Gasteiger partial charge is 0.298 e. The third kappa shape index (κ3) is 5.73. The normalized spacial score (nSPS) is 10.9. The zero-order valence-electron chi connectivity index (χ0n) is 23.1. The van der Waals surface area contributed by atoms with E-state index < -0.39 is 11.7 Å². The molecule has 7 heteroatoms. The highest BCUT2D eigenvalue weighted by Crippen LogP contribution is 2.29. The fourth-order valence-electron chi connectivity index (χ4n) is 4.82. The van der Waals surface area contributed by atoms with E-state index in [0.29, 0.717) is 30.3 Å². The maximum absolute atomic E-state index is 13.5. The summed E-state index contributed by atoms with van der Waals surface area (Å²) in [5.74, 6) is 0.282. The number of amides is 1. The maximum atomic E-state index is 13.5. The van der Waals surface area contributed by atoms with E-state index in [1.807, 2.05) is 92.0 Å². The van der Waals surface area contributed by atoms with Crippen LogP contribution in [-0.4, -0.2) is 41.3 Å². The van der Waals surface area contributed by atoms with E-state index in [1.165, 1.54) is 5.56 Å². The summed E-state index contributed by atoms with van der Waals surface area (Å²) in [5, 5.41) is 2.75. The van der Waals surface area contributed by atoms with Gasteiger partial charge in [0.15, 0.2) is 0 Å². The fourth-order valence-corrected chi connectivity index (χ4v) is 4.82. The first-order chi connectivity index (χ1) is 19.3. The number of anilines is 2. The van der Waals surface area contributed by atoms with Crippen molar-refractivity contribution in [2.45, 2.75) is 20.8 Å². The number of pyridine rings is 2. The number of fused-ring (bicyclic) bond motifs is 1. The molecular formula is C33H32N4O3. The van der Waals surface area contributed by atoms with Crippen LogP contribution in [0, 0.1) is 20.8 Å². The summed E-state index contributed by atoms with van der Waals surface area (Å²) in [4.78, 5) is 33.3. The van der Waals surface area contributed by atoms with Gasteiger partial charge in [-0.1, -0.05) is 36.4 Å². The Hall–Kier alpha value is -4.91. The molecule has 1 amide bonds. The van der Waals surface area contributed by atoms with Crippen LogP contribution >= 0.6 is 0 Å². The highest BCUT2D eigenvalue weighted by atomic mass is 16.5. The van der Waals surface area contributed by atoms with Gasteiger partial charge < -0.3 is 19.4 Å². The number of Topliss-reactive ketones (excluding diaryl/α,β-unsaturated/α-hetero) is 1. The Kier molecular flexibility index (Phi) is 7.64. The predicted octanol–water partition coefficient (Wildman–Crippen LogP) is 6.26. The lowest BCUT2D eigenvalue weighted by atomic mass is 10.0. The fraction of sp³-hybridized carbons (Fsp3) is 0.182.